The molecule has 0 saturated heterocycles. The standard InChI is InChI=1S/C11H12O/c1-2-10(8-9-12)11-6-4-3-5-7-11/h3-7,12H,1,8-9H2. The number of rotatable bonds is 3. The van der Waals surface area contributed by atoms with E-state index in [1.165, 1.54) is 0 Å². The molecule has 0 aliphatic rings. The number of aliphatic hydroxyl groups is 1. The molecule has 0 aromatic heterocycles. The van der Waals surface area contributed by atoms with Gasteiger partial charge in [0.2, 0.25) is 0 Å². The largest absolute Gasteiger partial charge is 0.396 e. The summed E-state index contributed by atoms with van der Waals surface area (Å²) in [6.07, 6.45) is 0.619. The molecule has 1 aromatic carbocycles. The van der Waals surface area contributed by atoms with Gasteiger partial charge in [-0.3, -0.25) is 0 Å². The second kappa shape index (κ2) is 4.55. The first-order chi connectivity index (χ1) is 5.88. The van der Waals surface area contributed by atoms with Crippen molar-refractivity contribution in [1.82, 2.24) is 0 Å². The molecule has 0 fully saturated rings. The van der Waals surface area contributed by atoms with Crippen LogP contribution in [0.2, 0.25) is 0 Å². The molecule has 1 N–H and O–H groups in total. The van der Waals surface area contributed by atoms with Crippen molar-refractivity contribution in [2.75, 3.05) is 6.61 Å². The third kappa shape index (κ3) is 2.09. The highest BCUT2D eigenvalue weighted by molar-refractivity contribution is 5.64. The summed E-state index contributed by atoms with van der Waals surface area (Å²) in [6, 6.07) is 9.86. The summed E-state index contributed by atoms with van der Waals surface area (Å²) in [5, 5.41) is 8.74. The van der Waals surface area contributed by atoms with Crippen LogP contribution in [0, 0.1) is 0 Å². The molecule has 12 heavy (non-hydrogen) atoms. The van der Waals surface area contributed by atoms with Gasteiger partial charge in [-0.15, -0.1) is 5.73 Å². The SMILES string of the molecule is C=C=C(CCO)c1ccccc1. The fraction of sp³-hybridized carbons (Fsp3) is 0.182. The van der Waals surface area contributed by atoms with Gasteiger partial charge in [-0.1, -0.05) is 36.9 Å². The van der Waals surface area contributed by atoms with Crippen molar-refractivity contribution in [3.63, 3.8) is 0 Å². The second-order valence-electron chi connectivity index (χ2n) is 2.49. The topological polar surface area (TPSA) is 20.2 Å². The van der Waals surface area contributed by atoms with Gasteiger partial charge >= 0.3 is 0 Å². The van der Waals surface area contributed by atoms with Crippen LogP contribution >= 0.6 is 0 Å². The zero-order chi connectivity index (χ0) is 8.81. The molecule has 0 amide bonds. The zero-order valence-corrected chi connectivity index (χ0v) is 6.96. The molecule has 1 heteroatoms. The lowest BCUT2D eigenvalue weighted by Gasteiger charge is -2.01. The van der Waals surface area contributed by atoms with Gasteiger partial charge in [0.25, 0.3) is 0 Å². The highest BCUT2D eigenvalue weighted by atomic mass is 16.2. The fourth-order valence-corrected chi connectivity index (χ4v) is 1.09. The van der Waals surface area contributed by atoms with Crippen molar-refractivity contribution in [2.45, 2.75) is 6.42 Å². The van der Waals surface area contributed by atoms with E-state index in [2.05, 4.69) is 12.3 Å². The summed E-state index contributed by atoms with van der Waals surface area (Å²) < 4.78 is 0. The first-order valence-corrected chi connectivity index (χ1v) is 3.93. The van der Waals surface area contributed by atoms with Crippen molar-refractivity contribution in [2.24, 2.45) is 0 Å². The third-order valence-corrected chi connectivity index (χ3v) is 1.70. The van der Waals surface area contributed by atoms with Gasteiger partial charge in [-0.05, 0) is 5.56 Å². The maximum absolute atomic E-state index is 8.74. The average molecular weight is 160 g/mol. The van der Waals surface area contributed by atoms with E-state index < -0.39 is 0 Å². The van der Waals surface area contributed by atoms with E-state index in [1.54, 1.807) is 0 Å². The summed E-state index contributed by atoms with van der Waals surface area (Å²) in [7, 11) is 0. The minimum absolute atomic E-state index is 0.146. The van der Waals surface area contributed by atoms with Gasteiger partial charge in [0, 0.05) is 18.6 Å². The molecular formula is C11H12O. The lowest BCUT2D eigenvalue weighted by Crippen LogP contribution is -1.86. The molecule has 1 nitrogen and oxygen atoms in total. The maximum atomic E-state index is 8.74. The second-order valence-corrected chi connectivity index (χ2v) is 2.49. The molecular weight excluding hydrogens is 148 g/mol. The first-order valence-electron chi connectivity index (χ1n) is 3.93. The molecule has 0 saturated carbocycles. The van der Waals surface area contributed by atoms with Gasteiger partial charge in [0.05, 0.1) is 0 Å². The highest BCUT2D eigenvalue weighted by Gasteiger charge is 1.97. The van der Waals surface area contributed by atoms with Crippen LogP contribution in [-0.4, -0.2) is 11.7 Å². The Hall–Kier alpha value is -1.30. The van der Waals surface area contributed by atoms with E-state index in [4.69, 9.17) is 5.11 Å². The Bertz CT molecular complexity index is 281. The molecule has 1 aromatic rings. The minimum atomic E-state index is 0.146. The lowest BCUT2D eigenvalue weighted by atomic mass is 10.0. The molecule has 0 atom stereocenters. The maximum Gasteiger partial charge on any atom is 0.0477 e. The van der Waals surface area contributed by atoms with Crippen molar-refractivity contribution >= 4 is 5.57 Å². The Labute approximate surface area is 72.7 Å². The average Bonchev–Trinajstić information content (AvgIpc) is 2.15. The summed E-state index contributed by atoms with van der Waals surface area (Å²) in [4.78, 5) is 0. The zero-order valence-electron chi connectivity index (χ0n) is 6.96. The van der Waals surface area contributed by atoms with Crippen LogP contribution in [0.15, 0.2) is 42.6 Å². The van der Waals surface area contributed by atoms with Gasteiger partial charge < -0.3 is 5.11 Å². The molecule has 1 rings (SSSR count). The molecule has 0 bridgehead atoms. The third-order valence-electron chi connectivity index (χ3n) is 1.70. The quantitative estimate of drug-likeness (QED) is 0.672. The van der Waals surface area contributed by atoms with Crippen molar-refractivity contribution in [1.29, 1.82) is 0 Å². The molecule has 0 aliphatic carbocycles. The monoisotopic (exact) mass is 160 g/mol. The smallest absolute Gasteiger partial charge is 0.0477 e. The summed E-state index contributed by atoms with van der Waals surface area (Å²) >= 11 is 0. The molecule has 0 spiro atoms. The molecule has 0 unspecified atom stereocenters. The minimum Gasteiger partial charge on any atom is -0.396 e. The van der Waals surface area contributed by atoms with Gasteiger partial charge in [0.1, 0.15) is 0 Å². The van der Waals surface area contributed by atoms with E-state index in [9.17, 15) is 0 Å². The Morgan fingerprint density at radius 3 is 2.50 bits per heavy atom. The van der Waals surface area contributed by atoms with Crippen LogP contribution in [0.4, 0.5) is 0 Å². The molecule has 62 valence electrons. The van der Waals surface area contributed by atoms with E-state index >= 15 is 0 Å². The Kier molecular flexibility index (Phi) is 3.34. The lowest BCUT2D eigenvalue weighted by molar-refractivity contribution is 0.305. The first kappa shape index (κ1) is 8.79. The van der Waals surface area contributed by atoms with Crippen LogP contribution in [0.25, 0.3) is 5.57 Å². The predicted molar refractivity (Wildman–Crippen MR) is 50.7 cm³/mol. The summed E-state index contributed by atoms with van der Waals surface area (Å²) in [6.45, 7) is 3.73. The fourth-order valence-electron chi connectivity index (χ4n) is 1.09. The number of benzene rings is 1. The van der Waals surface area contributed by atoms with Crippen molar-refractivity contribution in [3.8, 4) is 0 Å². The van der Waals surface area contributed by atoms with Gasteiger partial charge in [-0.25, -0.2) is 0 Å². The number of hydrogen-bond donors (Lipinski definition) is 1. The van der Waals surface area contributed by atoms with Gasteiger partial charge in [-0.2, -0.15) is 0 Å². The van der Waals surface area contributed by atoms with Crippen LogP contribution in [0.1, 0.15) is 12.0 Å². The van der Waals surface area contributed by atoms with Crippen LogP contribution < -0.4 is 0 Å². The Morgan fingerprint density at radius 2 is 2.00 bits per heavy atom. The van der Waals surface area contributed by atoms with E-state index in [1.807, 2.05) is 30.3 Å². The highest BCUT2D eigenvalue weighted by Crippen LogP contribution is 2.15. The van der Waals surface area contributed by atoms with E-state index in [0.717, 1.165) is 11.1 Å². The van der Waals surface area contributed by atoms with Crippen molar-refractivity contribution in [3.05, 3.63) is 48.2 Å². The predicted octanol–water partition coefficient (Wildman–Crippen LogP) is 2.24. The molecule has 0 aliphatic heterocycles. The summed E-state index contributed by atoms with van der Waals surface area (Å²) in [5.41, 5.74) is 4.88. The molecule has 0 radical (unpaired) electrons. The summed E-state index contributed by atoms with van der Waals surface area (Å²) in [5.74, 6) is 0. The number of aliphatic hydroxyl groups excluding tert-OH is 1. The van der Waals surface area contributed by atoms with E-state index in [-0.39, 0.29) is 6.61 Å². The van der Waals surface area contributed by atoms with Gasteiger partial charge in [0.15, 0.2) is 0 Å². The van der Waals surface area contributed by atoms with Crippen LogP contribution in [0.3, 0.4) is 0 Å². The van der Waals surface area contributed by atoms with Crippen LogP contribution in [0.5, 0.6) is 0 Å². The Morgan fingerprint density at radius 1 is 1.33 bits per heavy atom. The Balaban J connectivity index is 2.89. The normalized spacial score (nSPS) is 9.08. The number of hydrogen-bond acceptors (Lipinski definition) is 1. The molecule has 0 heterocycles. The van der Waals surface area contributed by atoms with Crippen LogP contribution in [-0.2, 0) is 0 Å². The van der Waals surface area contributed by atoms with E-state index in [0.29, 0.717) is 6.42 Å². The van der Waals surface area contributed by atoms with Crippen molar-refractivity contribution < 1.29 is 5.11 Å².